The van der Waals surface area contributed by atoms with Gasteiger partial charge >= 0.3 is 0 Å². The van der Waals surface area contributed by atoms with Crippen LogP contribution >= 0.6 is 15.9 Å². The van der Waals surface area contributed by atoms with Crippen LogP contribution in [0.15, 0.2) is 22.7 Å². The molecule has 0 aliphatic heterocycles. The van der Waals surface area contributed by atoms with Gasteiger partial charge in [-0.2, -0.15) is 0 Å². The Morgan fingerprint density at radius 3 is 2.69 bits per heavy atom. The highest BCUT2D eigenvalue weighted by Gasteiger charge is 2.43. The first-order valence-corrected chi connectivity index (χ1v) is 6.21. The SMILES string of the molecule is NCC1(C(O)c2cc(F)ccc2Br)CCC1. The van der Waals surface area contributed by atoms with Gasteiger partial charge in [0.2, 0.25) is 0 Å². The lowest BCUT2D eigenvalue weighted by atomic mass is 9.63. The van der Waals surface area contributed by atoms with E-state index in [9.17, 15) is 9.50 Å². The summed E-state index contributed by atoms with van der Waals surface area (Å²) in [4.78, 5) is 0. The molecule has 1 aromatic rings. The molecule has 0 amide bonds. The zero-order valence-electron chi connectivity index (χ0n) is 8.92. The van der Waals surface area contributed by atoms with Crippen LogP contribution in [0, 0.1) is 11.2 Å². The minimum absolute atomic E-state index is 0.254. The second-order valence-electron chi connectivity index (χ2n) is 4.49. The largest absolute Gasteiger partial charge is 0.388 e. The van der Waals surface area contributed by atoms with Gasteiger partial charge < -0.3 is 10.8 Å². The van der Waals surface area contributed by atoms with E-state index < -0.39 is 6.10 Å². The summed E-state index contributed by atoms with van der Waals surface area (Å²) in [5, 5.41) is 10.3. The summed E-state index contributed by atoms with van der Waals surface area (Å²) in [5.74, 6) is -0.330. The molecule has 88 valence electrons. The fourth-order valence-electron chi connectivity index (χ4n) is 2.27. The van der Waals surface area contributed by atoms with E-state index >= 15 is 0 Å². The van der Waals surface area contributed by atoms with Crippen LogP contribution in [-0.4, -0.2) is 11.7 Å². The van der Waals surface area contributed by atoms with Crippen LogP contribution in [0.3, 0.4) is 0 Å². The topological polar surface area (TPSA) is 46.2 Å². The van der Waals surface area contributed by atoms with Crippen LogP contribution < -0.4 is 5.73 Å². The molecule has 2 nitrogen and oxygen atoms in total. The van der Waals surface area contributed by atoms with Crippen molar-refractivity contribution in [3.8, 4) is 0 Å². The van der Waals surface area contributed by atoms with Gasteiger partial charge in [0.15, 0.2) is 0 Å². The van der Waals surface area contributed by atoms with Gasteiger partial charge in [0.25, 0.3) is 0 Å². The molecule has 0 aromatic heterocycles. The summed E-state index contributed by atoms with van der Waals surface area (Å²) in [6, 6.07) is 4.37. The first-order chi connectivity index (χ1) is 7.59. The third-order valence-corrected chi connectivity index (χ3v) is 4.31. The maximum atomic E-state index is 13.2. The summed E-state index contributed by atoms with van der Waals surface area (Å²) in [5.41, 5.74) is 6.07. The predicted octanol–water partition coefficient (Wildman–Crippen LogP) is 2.75. The van der Waals surface area contributed by atoms with Crippen molar-refractivity contribution in [2.45, 2.75) is 25.4 Å². The Hall–Kier alpha value is -0.450. The zero-order valence-corrected chi connectivity index (χ0v) is 10.5. The minimum atomic E-state index is -0.684. The van der Waals surface area contributed by atoms with Crippen LogP contribution in [0.5, 0.6) is 0 Å². The summed E-state index contributed by atoms with van der Waals surface area (Å²) in [6.45, 7) is 0.442. The van der Waals surface area contributed by atoms with Crippen molar-refractivity contribution in [3.05, 3.63) is 34.1 Å². The summed E-state index contributed by atoms with van der Waals surface area (Å²) in [6.07, 6.45) is 2.22. The molecular formula is C12H15BrFNO. The summed E-state index contributed by atoms with van der Waals surface area (Å²) < 4.78 is 13.9. The predicted molar refractivity (Wildman–Crippen MR) is 64.4 cm³/mol. The third kappa shape index (κ3) is 1.90. The van der Waals surface area contributed by atoms with Gasteiger partial charge in [0.05, 0.1) is 6.10 Å². The highest BCUT2D eigenvalue weighted by atomic mass is 79.9. The number of hydrogen-bond acceptors (Lipinski definition) is 2. The summed E-state index contributed by atoms with van der Waals surface area (Å²) in [7, 11) is 0. The molecule has 0 heterocycles. The van der Waals surface area contributed by atoms with Gasteiger partial charge in [-0.05, 0) is 36.6 Å². The average molecular weight is 288 g/mol. The second-order valence-corrected chi connectivity index (χ2v) is 5.34. The van der Waals surface area contributed by atoms with Gasteiger partial charge in [-0.3, -0.25) is 0 Å². The van der Waals surface area contributed by atoms with E-state index in [0.717, 1.165) is 23.7 Å². The van der Waals surface area contributed by atoms with Crippen molar-refractivity contribution in [3.63, 3.8) is 0 Å². The highest BCUT2D eigenvalue weighted by molar-refractivity contribution is 9.10. The lowest BCUT2D eigenvalue weighted by molar-refractivity contribution is -0.0302. The van der Waals surface area contributed by atoms with Gasteiger partial charge in [0.1, 0.15) is 5.82 Å². The number of benzene rings is 1. The van der Waals surface area contributed by atoms with Crippen molar-refractivity contribution in [1.29, 1.82) is 0 Å². The summed E-state index contributed by atoms with van der Waals surface area (Å²) >= 11 is 3.34. The number of nitrogens with two attached hydrogens (primary N) is 1. The van der Waals surface area contributed by atoms with Crippen molar-refractivity contribution < 1.29 is 9.50 Å². The molecule has 0 spiro atoms. The van der Waals surface area contributed by atoms with Gasteiger partial charge in [-0.25, -0.2) is 4.39 Å². The van der Waals surface area contributed by atoms with E-state index in [1.807, 2.05) is 0 Å². The van der Waals surface area contributed by atoms with Crippen molar-refractivity contribution in [2.24, 2.45) is 11.1 Å². The molecule has 4 heteroatoms. The maximum Gasteiger partial charge on any atom is 0.123 e. The Morgan fingerprint density at radius 2 is 2.19 bits per heavy atom. The fourth-order valence-corrected chi connectivity index (χ4v) is 2.74. The highest BCUT2D eigenvalue weighted by Crippen LogP contribution is 2.50. The Bertz CT molecular complexity index is 387. The lowest BCUT2D eigenvalue weighted by Gasteiger charge is -2.45. The molecule has 1 aromatic carbocycles. The molecule has 0 radical (unpaired) electrons. The van der Waals surface area contributed by atoms with E-state index in [0.29, 0.717) is 12.1 Å². The van der Waals surface area contributed by atoms with Crippen LogP contribution in [0.2, 0.25) is 0 Å². The molecular weight excluding hydrogens is 273 g/mol. The van der Waals surface area contributed by atoms with E-state index in [2.05, 4.69) is 15.9 Å². The second kappa shape index (κ2) is 4.43. The molecule has 2 rings (SSSR count). The normalized spacial score (nSPS) is 20.2. The van der Waals surface area contributed by atoms with Crippen molar-refractivity contribution in [2.75, 3.05) is 6.54 Å². The first kappa shape index (κ1) is 12.0. The number of hydrogen-bond donors (Lipinski definition) is 2. The Morgan fingerprint density at radius 1 is 1.50 bits per heavy atom. The standard InChI is InChI=1S/C12H15BrFNO/c13-10-3-2-8(14)6-9(10)11(16)12(7-15)4-1-5-12/h2-3,6,11,16H,1,4-5,7,15H2. The molecule has 1 atom stereocenters. The van der Waals surface area contributed by atoms with Crippen LogP contribution in [0.4, 0.5) is 4.39 Å². The quantitative estimate of drug-likeness (QED) is 0.898. The average Bonchev–Trinajstić information content (AvgIpc) is 2.21. The first-order valence-electron chi connectivity index (χ1n) is 5.42. The number of rotatable bonds is 3. The monoisotopic (exact) mass is 287 g/mol. The smallest absolute Gasteiger partial charge is 0.123 e. The van der Waals surface area contributed by atoms with Crippen LogP contribution in [0.1, 0.15) is 30.9 Å². The molecule has 0 bridgehead atoms. The Kier molecular flexibility index (Phi) is 3.33. The van der Waals surface area contributed by atoms with E-state index in [4.69, 9.17) is 5.73 Å². The fraction of sp³-hybridized carbons (Fsp3) is 0.500. The molecule has 1 unspecified atom stereocenters. The Labute approximate surface area is 103 Å². The van der Waals surface area contributed by atoms with E-state index in [1.165, 1.54) is 12.1 Å². The van der Waals surface area contributed by atoms with Crippen LogP contribution in [0.25, 0.3) is 0 Å². The minimum Gasteiger partial charge on any atom is -0.388 e. The van der Waals surface area contributed by atoms with E-state index in [-0.39, 0.29) is 11.2 Å². The van der Waals surface area contributed by atoms with E-state index in [1.54, 1.807) is 6.07 Å². The Balaban J connectivity index is 2.32. The number of aliphatic hydroxyl groups is 1. The number of halogens is 2. The zero-order chi connectivity index (χ0) is 11.8. The number of aliphatic hydroxyl groups excluding tert-OH is 1. The molecule has 16 heavy (non-hydrogen) atoms. The molecule has 3 N–H and O–H groups in total. The van der Waals surface area contributed by atoms with Gasteiger partial charge in [0, 0.05) is 16.4 Å². The van der Waals surface area contributed by atoms with Crippen LogP contribution in [-0.2, 0) is 0 Å². The maximum absolute atomic E-state index is 13.2. The lowest BCUT2D eigenvalue weighted by Crippen LogP contribution is -2.42. The molecule has 1 aliphatic rings. The molecule has 1 aliphatic carbocycles. The molecule has 1 fully saturated rings. The van der Waals surface area contributed by atoms with Gasteiger partial charge in [-0.1, -0.05) is 22.4 Å². The third-order valence-electron chi connectivity index (χ3n) is 3.59. The van der Waals surface area contributed by atoms with Crippen molar-refractivity contribution >= 4 is 15.9 Å². The van der Waals surface area contributed by atoms with Crippen molar-refractivity contribution in [1.82, 2.24) is 0 Å². The molecule has 1 saturated carbocycles. The van der Waals surface area contributed by atoms with Gasteiger partial charge in [-0.15, -0.1) is 0 Å². The molecule has 0 saturated heterocycles.